The van der Waals surface area contributed by atoms with Crippen molar-refractivity contribution in [1.29, 1.82) is 0 Å². The van der Waals surface area contributed by atoms with E-state index in [4.69, 9.17) is 4.42 Å². The molecule has 0 radical (unpaired) electrons. The quantitative estimate of drug-likeness (QED) is 0.185. The topological polar surface area (TPSA) is 16.4 Å². The second-order valence-electron chi connectivity index (χ2n) is 12.2. The Labute approximate surface area is 279 Å². The fraction of sp³-hybridized carbons (Fsp3) is 0. The molecule has 8 aromatic carbocycles. The van der Waals surface area contributed by atoms with Crippen LogP contribution in [-0.2, 0) is 0 Å². The molecule has 0 saturated carbocycles. The summed E-state index contributed by atoms with van der Waals surface area (Å²) in [5, 5.41) is 4.63. The van der Waals surface area contributed by atoms with Crippen molar-refractivity contribution in [2.45, 2.75) is 0 Å². The summed E-state index contributed by atoms with van der Waals surface area (Å²) in [5.74, 6) is 0. The van der Waals surface area contributed by atoms with Gasteiger partial charge in [0, 0.05) is 33.4 Å². The van der Waals surface area contributed by atoms with Crippen LogP contribution in [0.15, 0.2) is 192 Å². The molecule has 0 saturated heterocycles. The van der Waals surface area contributed by atoms with E-state index < -0.39 is 0 Å². The zero-order chi connectivity index (χ0) is 31.9. The van der Waals surface area contributed by atoms with Gasteiger partial charge in [-0.25, -0.2) is 0 Å². The number of furan rings is 1. The van der Waals surface area contributed by atoms with Gasteiger partial charge in [-0.2, -0.15) is 0 Å². The molecule has 226 valence electrons. The summed E-state index contributed by atoms with van der Waals surface area (Å²) in [6, 6.07) is 66.8. The first kappa shape index (κ1) is 27.9. The van der Waals surface area contributed by atoms with Crippen LogP contribution in [0.1, 0.15) is 0 Å². The third kappa shape index (κ3) is 4.92. The molecule has 0 spiro atoms. The van der Waals surface area contributed by atoms with Crippen LogP contribution in [0.3, 0.4) is 0 Å². The zero-order valence-electron chi connectivity index (χ0n) is 26.3. The van der Waals surface area contributed by atoms with Gasteiger partial charge in [0.05, 0.1) is 0 Å². The molecular formula is C46H31NO. The second-order valence-corrected chi connectivity index (χ2v) is 12.2. The Morgan fingerprint density at radius 1 is 0.354 bits per heavy atom. The lowest BCUT2D eigenvalue weighted by Crippen LogP contribution is -2.09. The Kier molecular flexibility index (Phi) is 6.84. The van der Waals surface area contributed by atoms with Gasteiger partial charge in [-0.1, -0.05) is 140 Å². The molecule has 0 atom stereocenters. The molecule has 0 bridgehead atoms. The van der Waals surface area contributed by atoms with Gasteiger partial charge in [0.2, 0.25) is 0 Å². The number of rotatable bonds is 6. The summed E-state index contributed by atoms with van der Waals surface area (Å²) in [7, 11) is 0. The van der Waals surface area contributed by atoms with Crippen LogP contribution in [0, 0.1) is 0 Å². The van der Waals surface area contributed by atoms with Crippen LogP contribution in [0.4, 0.5) is 17.1 Å². The van der Waals surface area contributed by atoms with Crippen molar-refractivity contribution in [3.8, 4) is 33.4 Å². The highest BCUT2D eigenvalue weighted by molar-refractivity contribution is 6.23. The minimum Gasteiger partial charge on any atom is -0.455 e. The molecule has 0 aliphatic carbocycles. The van der Waals surface area contributed by atoms with Gasteiger partial charge < -0.3 is 9.32 Å². The minimum absolute atomic E-state index is 0.876. The third-order valence-electron chi connectivity index (χ3n) is 9.25. The van der Waals surface area contributed by atoms with Gasteiger partial charge >= 0.3 is 0 Å². The smallest absolute Gasteiger partial charge is 0.143 e. The Balaban J connectivity index is 1.24. The van der Waals surface area contributed by atoms with Crippen molar-refractivity contribution >= 4 is 49.8 Å². The highest BCUT2D eigenvalue weighted by Crippen LogP contribution is 2.44. The monoisotopic (exact) mass is 613 g/mol. The summed E-state index contributed by atoms with van der Waals surface area (Å²) < 4.78 is 6.70. The van der Waals surface area contributed by atoms with E-state index in [2.05, 4.69) is 193 Å². The summed E-state index contributed by atoms with van der Waals surface area (Å²) in [5.41, 5.74) is 12.1. The van der Waals surface area contributed by atoms with Crippen molar-refractivity contribution < 1.29 is 4.42 Å². The van der Waals surface area contributed by atoms with Crippen LogP contribution >= 0.6 is 0 Å². The molecule has 2 heteroatoms. The van der Waals surface area contributed by atoms with E-state index in [0.29, 0.717) is 0 Å². The van der Waals surface area contributed by atoms with Gasteiger partial charge in [0.1, 0.15) is 11.2 Å². The zero-order valence-corrected chi connectivity index (χ0v) is 26.3. The first-order valence-electron chi connectivity index (χ1n) is 16.3. The lowest BCUT2D eigenvalue weighted by molar-refractivity contribution is 0.670. The van der Waals surface area contributed by atoms with E-state index >= 15 is 0 Å². The maximum Gasteiger partial charge on any atom is 0.143 e. The number of nitrogens with zero attached hydrogens (tertiary/aromatic N) is 1. The number of fused-ring (bicyclic) bond motifs is 5. The van der Waals surface area contributed by atoms with Gasteiger partial charge in [-0.15, -0.1) is 0 Å². The minimum atomic E-state index is 0.876. The predicted octanol–water partition coefficient (Wildman–Crippen LogP) is 13.2. The normalized spacial score (nSPS) is 11.3. The molecule has 0 aliphatic heterocycles. The van der Waals surface area contributed by atoms with E-state index in [1.54, 1.807) is 0 Å². The number of anilines is 3. The maximum atomic E-state index is 6.70. The molecular weight excluding hydrogens is 583 g/mol. The van der Waals surface area contributed by atoms with E-state index in [-0.39, 0.29) is 0 Å². The standard InChI is InChI=1S/C46H31NO/c1-4-12-32(13-5-1)34-20-24-38(25-21-34)47(39-26-22-35(23-27-39)33-14-6-2-7-15-33)40-28-29-44-43(31-40)45-41-19-11-10-18-37(41)30-42(46(45)48-44)36-16-8-3-9-17-36/h1-31H. The molecule has 0 unspecified atom stereocenters. The average molecular weight is 614 g/mol. The molecule has 0 aliphatic rings. The molecule has 48 heavy (non-hydrogen) atoms. The van der Waals surface area contributed by atoms with E-state index in [1.807, 2.05) is 0 Å². The van der Waals surface area contributed by atoms with Crippen molar-refractivity contribution in [2.24, 2.45) is 0 Å². The SMILES string of the molecule is c1ccc(-c2ccc(N(c3ccc(-c4ccccc4)cc3)c3ccc4oc5c(-c6ccccc6)cc6ccccc6c5c4c3)cc2)cc1. The van der Waals surface area contributed by atoms with Crippen LogP contribution in [0.2, 0.25) is 0 Å². The number of hydrogen-bond acceptors (Lipinski definition) is 2. The van der Waals surface area contributed by atoms with E-state index in [0.717, 1.165) is 50.1 Å². The van der Waals surface area contributed by atoms with Crippen LogP contribution in [0.25, 0.3) is 66.1 Å². The van der Waals surface area contributed by atoms with Gasteiger partial charge in [-0.05, 0) is 87.1 Å². The molecule has 1 heterocycles. The highest BCUT2D eigenvalue weighted by Gasteiger charge is 2.19. The highest BCUT2D eigenvalue weighted by atomic mass is 16.3. The molecule has 1 aromatic heterocycles. The van der Waals surface area contributed by atoms with Crippen molar-refractivity contribution in [1.82, 2.24) is 0 Å². The molecule has 0 amide bonds. The molecule has 9 rings (SSSR count). The summed E-state index contributed by atoms with van der Waals surface area (Å²) in [6.07, 6.45) is 0. The van der Waals surface area contributed by atoms with Gasteiger partial charge in [0.15, 0.2) is 0 Å². The lowest BCUT2D eigenvalue weighted by Gasteiger charge is -2.26. The Hall–Kier alpha value is -6.38. The van der Waals surface area contributed by atoms with Crippen LogP contribution < -0.4 is 4.90 Å². The summed E-state index contributed by atoms with van der Waals surface area (Å²) in [4.78, 5) is 2.34. The first-order chi connectivity index (χ1) is 23.8. The van der Waals surface area contributed by atoms with Crippen molar-refractivity contribution in [2.75, 3.05) is 4.90 Å². The van der Waals surface area contributed by atoms with Crippen LogP contribution in [0.5, 0.6) is 0 Å². The predicted molar refractivity (Wildman–Crippen MR) is 202 cm³/mol. The lowest BCUT2D eigenvalue weighted by atomic mass is 9.96. The van der Waals surface area contributed by atoms with Crippen LogP contribution in [-0.4, -0.2) is 0 Å². The van der Waals surface area contributed by atoms with Gasteiger partial charge in [0.25, 0.3) is 0 Å². The first-order valence-corrected chi connectivity index (χ1v) is 16.3. The average Bonchev–Trinajstić information content (AvgIpc) is 3.56. The second kappa shape index (κ2) is 11.8. The Morgan fingerprint density at radius 2 is 0.833 bits per heavy atom. The Bertz CT molecular complexity index is 2430. The molecule has 2 nitrogen and oxygen atoms in total. The fourth-order valence-corrected chi connectivity index (χ4v) is 6.90. The van der Waals surface area contributed by atoms with E-state index in [9.17, 15) is 0 Å². The summed E-state index contributed by atoms with van der Waals surface area (Å²) in [6.45, 7) is 0. The fourth-order valence-electron chi connectivity index (χ4n) is 6.90. The largest absolute Gasteiger partial charge is 0.455 e. The van der Waals surface area contributed by atoms with Gasteiger partial charge in [-0.3, -0.25) is 0 Å². The molecule has 9 aromatic rings. The van der Waals surface area contributed by atoms with Crippen molar-refractivity contribution in [3.05, 3.63) is 188 Å². The number of hydrogen-bond donors (Lipinski definition) is 0. The third-order valence-corrected chi connectivity index (χ3v) is 9.25. The molecule has 0 N–H and O–H groups in total. The van der Waals surface area contributed by atoms with Crippen molar-refractivity contribution in [3.63, 3.8) is 0 Å². The maximum absolute atomic E-state index is 6.70. The summed E-state index contributed by atoms with van der Waals surface area (Å²) >= 11 is 0. The Morgan fingerprint density at radius 3 is 1.42 bits per heavy atom. The van der Waals surface area contributed by atoms with E-state index in [1.165, 1.54) is 33.0 Å². The molecule has 0 fully saturated rings. The number of benzene rings is 8.